The SMILES string of the molecule is CCN(CC)C(=O)c1cccc(NC(=O)COC(=O)c2cc(OC)c(Br)c(OC)c2)c1. The van der Waals surface area contributed by atoms with Gasteiger partial charge in [0.05, 0.1) is 19.8 Å². The quantitative estimate of drug-likeness (QED) is 0.535. The normalized spacial score (nSPS) is 10.2. The molecule has 8 nitrogen and oxygen atoms in total. The molecule has 0 aliphatic heterocycles. The van der Waals surface area contributed by atoms with E-state index in [1.807, 2.05) is 13.8 Å². The number of amides is 2. The molecule has 2 amide bonds. The second-order valence-electron chi connectivity index (χ2n) is 6.38. The van der Waals surface area contributed by atoms with Gasteiger partial charge in [-0.05, 0) is 60.1 Å². The lowest BCUT2D eigenvalue weighted by molar-refractivity contribution is -0.119. The number of halogens is 1. The Morgan fingerprint density at radius 2 is 1.58 bits per heavy atom. The average Bonchev–Trinajstić information content (AvgIpc) is 2.78. The molecular weight excluding hydrogens is 468 g/mol. The van der Waals surface area contributed by atoms with Crippen LogP contribution in [-0.2, 0) is 9.53 Å². The van der Waals surface area contributed by atoms with Gasteiger partial charge in [0.2, 0.25) is 0 Å². The summed E-state index contributed by atoms with van der Waals surface area (Å²) in [6, 6.07) is 9.57. The Balaban J connectivity index is 2.02. The van der Waals surface area contributed by atoms with Crippen molar-refractivity contribution in [1.29, 1.82) is 0 Å². The number of benzene rings is 2. The van der Waals surface area contributed by atoms with E-state index in [2.05, 4.69) is 21.2 Å². The first kappa shape index (κ1) is 24.2. The molecule has 0 aliphatic rings. The third kappa shape index (κ3) is 6.21. The number of esters is 1. The number of rotatable bonds is 9. The summed E-state index contributed by atoms with van der Waals surface area (Å²) in [5, 5.41) is 2.63. The number of nitrogens with one attached hydrogen (secondary N) is 1. The smallest absolute Gasteiger partial charge is 0.338 e. The molecule has 0 aliphatic carbocycles. The van der Waals surface area contributed by atoms with Crippen molar-refractivity contribution in [2.75, 3.05) is 39.2 Å². The van der Waals surface area contributed by atoms with Crippen LogP contribution in [0.25, 0.3) is 0 Å². The predicted octanol–water partition coefficient (Wildman–Crippen LogP) is 3.74. The van der Waals surface area contributed by atoms with Crippen molar-refractivity contribution < 1.29 is 28.6 Å². The van der Waals surface area contributed by atoms with Crippen LogP contribution in [0.1, 0.15) is 34.6 Å². The lowest BCUT2D eigenvalue weighted by Gasteiger charge is -2.19. The average molecular weight is 493 g/mol. The lowest BCUT2D eigenvalue weighted by atomic mass is 10.1. The zero-order chi connectivity index (χ0) is 23.0. The molecule has 0 saturated carbocycles. The van der Waals surface area contributed by atoms with Crippen LogP contribution in [0.4, 0.5) is 5.69 Å². The van der Waals surface area contributed by atoms with E-state index < -0.39 is 18.5 Å². The summed E-state index contributed by atoms with van der Waals surface area (Å²) in [4.78, 5) is 38.7. The van der Waals surface area contributed by atoms with E-state index in [-0.39, 0.29) is 11.5 Å². The van der Waals surface area contributed by atoms with Crippen molar-refractivity contribution in [2.45, 2.75) is 13.8 Å². The van der Waals surface area contributed by atoms with Gasteiger partial charge in [0.1, 0.15) is 16.0 Å². The van der Waals surface area contributed by atoms with Crippen LogP contribution in [0.2, 0.25) is 0 Å². The maximum atomic E-state index is 12.5. The van der Waals surface area contributed by atoms with Crippen LogP contribution < -0.4 is 14.8 Å². The number of carbonyl (C=O) groups excluding carboxylic acids is 3. The summed E-state index contributed by atoms with van der Waals surface area (Å²) in [6.45, 7) is 4.49. The standard InChI is InChI=1S/C22H25BrN2O6/c1-5-25(6-2)21(27)14-8-7-9-16(10-14)24-19(26)13-31-22(28)15-11-17(29-3)20(23)18(12-15)30-4/h7-12H,5-6,13H2,1-4H3,(H,24,26). The Morgan fingerprint density at radius 3 is 2.13 bits per heavy atom. The van der Waals surface area contributed by atoms with Gasteiger partial charge in [0, 0.05) is 24.3 Å². The van der Waals surface area contributed by atoms with Gasteiger partial charge < -0.3 is 24.4 Å². The van der Waals surface area contributed by atoms with Crippen molar-refractivity contribution in [2.24, 2.45) is 0 Å². The highest BCUT2D eigenvalue weighted by Crippen LogP contribution is 2.35. The first-order valence-electron chi connectivity index (χ1n) is 9.62. The Labute approximate surface area is 189 Å². The minimum absolute atomic E-state index is 0.120. The fourth-order valence-corrected chi connectivity index (χ4v) is 3.37. The van der Waals surface area contributed by atoms with Gasteiger partial charge in [-0.2, -0.15) is 0 Å². The fourth-order valence-electron chi connectivity index (χ4n) is 2.82. The fraction of sp³-hybridized carbons (Fsp3) is 0.318. The molecular formula is C22H25BrN2O6. The summed E-state index contributed by atoms with van der Waals surface area (Å²) in [7, 11) is 2.92. The molecule has 166 valence electrons. The van der Waals surface area contributed by atoms with E-state index in [0.29, 0.717) is 40.3 Å². The molecule has 0 saturated heterocycles. The predicted molar refractivity (Wildman–Crippen MR) is 120 cm³/mol. The summed E-state index contributed by atoms with van der Waals surface area (Å²) < 4.78 is 16.1. The van der Waals surface area contributed by atoms with Crippen LogP contribution in [-0.4, -0.2) is 56.6 Å². The molecule has 0 fully saturated rings. The first-order chi connectivity index (χ1) is 14.8. The third-order valence-corrected chi connectivity index (χ3v) is 5.24. The minimum atomic E-state index is -0.704. The topological polar surface area (TPSA) is 94.2 Å². The molecule has 1 N–H and O–H groups in total. The van der Waals surface area contributed by atoms with Gasteiger partial charge in [0.15, 0.2) is 6.61 Å². The second kappa shape index (κ2) is 11.4. The highest BCUT2D eigenvalue weighted by molar-refractivity contribution is 9.10. The molecule has 0 heterocycles. The van der Waals surface area contributed by atoms with E-state index >= 15 is 0 Å². The van der Waals surface area contributed by atoms with Crippen LogP contribution in [0, 0.1) is 0 Å². The summed E-state index contributed by atoms with van der Waals surface area (Å²) >= 11 is 3.32. The number of methoxy groups -OCH3 is 2. The number of nitrogens with zero attached hydrogens (tertiary/aromatic N) is 1. The van der Waals surface area contributed by atoms with Crippen molar-refractivity contribution in [3.05, 3.63) is 52.0 Å². The Kier molecular flexibility index (Phi) is 8.87. The van der Waals surface area contributed by atoms with Crippen LogP contribution in [0.15, 0.2) is 40.9 Å². The van der Waals surface area contributed by atoms with Gasteiger partial charge in [-0.1, -0.05) is 6.07 Å². The molecule has 0 bridgehead atoms. The molecule has 31 heavy (non-hydrogen) atoms. The maximum Gasteiger partial charge on any atom is 0.338 e. The van der Waals surface area contributed by atoms with E-state index in [9.17, 15) is 14.4 Å². The zero-order valence-electron chi connectivity index (χ0n) is 17.9. The Bertz CT molecular complexity index is 934. The zero-order valence-corrected chi connectivity index (χ0v) is 19.4. The molecule has 0 atom stereocenters. The Hall–Kier alpha value is -3.07. The van der Waals surface area contributed by atoms with Crippen molar-refractivity contribution in [3.63, 3.8) is 0 Å². The second-order valence-corrected chi connectivity index (χ2v) is 7.17. The lowest BCUT2D eigenvalue weighted by Crippen LogP contribution is -2.30. The van der Waals surface area contributed by atoms with Crippen LogP contribution in [0.3, 0.4) is 0 Å². The van der Waals surface area contributed by atoms with Crippen molar-refractivity contribution in [3.8, 4) is 11.5 Å². The number of ether oxygens (including phenoxy) is 3. The highest BCUT2D eigenvalue weighted by Gasteiger charge is 2.17. The molecule has 9 heteroatoms. The highest BCUT2D eigenvalue weighted by atomic mass is 79.9. The summed E-state index contributed by atoms with van der Waals surface area (Å²) in [5.74, 6) is -0.567. The van der Waals surface area contributed by atoms with E-state index in [1.165, 1.54) is 26.4 Å². The van der Waals surface area contributed by atoms with Gasteiger partial charge in [-0.25, -0.2) is 4.79 Å². The van der Waals surface area contributed by atoms with Gasteiger partial charge in [0.25, 0.3) is 11.8 Å². The molecule has 2 aromatic rings. The van der Waals surface area contributed by atoms with Crippen LogP contribution >= 0.6 is 15.9 Å². The molecule has 2 aromatic carbocycles. The molecule has 0 spiro atoms. The molecule has 0 radical (unpaired) electrons. The van der Waals surface area contributed by atoms with Gasteiger partial charge in [-0.3, -0.25) is 9.59 Å². The van der Waals surface area contributed by atoms with Gasteiger partial charge in [-0.15, -0.1) is 0 Å². The molecule has 0 aromatic heterocycles. The number of hydrogen-bond donors (Lipinski definition) is 1. The molecule has 2 rings (SSSR count). The third-order valence-electron chi connectivity index (χ3n) is 4.46. The Morgan fingerprint density at radius 1 is 0.968 bits per heavy atom. The first-order valence-corrected chi connectivity index (χ1v) is 10.4. The minimum Gasteiger partial charge on any atom is -0.495 e. The van der Waals surface area contributed by atoms with Crippen molar-refractivity contribution >= 4 is 39.4 Å². The van der Waals surface area contributed by atoms with Crippen molar-refractivity contribution in [1.82, 2.24) is 4.90 Å². The summed E-state index contributed by atoms with van der Waals surface area (Å²) in [6.07, 6.45) is 0. The monoisotopic (exact) mass is 492 g/mol. The largest absolute Gasteiger partial charge is 0.495 e. The number of hydrogen-bond acceptors (Lipinski definition) is 6. The van der Waals surface area contributed by atoms with E-state index in [0.717, 1.165) is 0 Å². The summed E-state index contributed by atoms with van der Waals surface area (Å²) in [5.41, 5.74) is 1.08. The number of carbonyl (C=O) groups is 3. The number of anilines is 1. The van der Waals surface area contributed by atoms with Gasteiger partial charge >= 0.3 is 5.97 Å². The van der Waals surface area contributed by atoms with Crippen LogP contribution in [0.5, 0.6) is 11.5 Å². The van der Waals surface area contributed by atoms with E-state index in [4.69, 9.17) is 14.2 Å². The van der Waals surface area contributed by atoms with E-state index in [1.54, 1.807) is 29.2 Å². The molecule has 0 unspecified atom stereocenters. The maximum absolute atomic E-state index is 12.5.